The van der Waals surface area contributed by atoms with E-state index in [9.17, 15) is 9.90 Å². The Bertz CT molecular complexity index is 594. The number of carbonyl (C=O) groups is 1. The predicted molar refractivity (Wildman–Crippen MR) is 72.3 cm³/mol. The monoisotopic (exact) mass is 275 g/mol. The van der Waals surface area contributed by atoms with Gasteiger partial charge in [0.15, 0.2) is 5.82 Å². The largest absolute Gasteiger partial charge is 0.480 e. The number of nitrogens with zero attached hydrogens (tertiary/aromatic N) is 5. The van der Waals surface area contributed by atoms with Crippen molar-refractivity contribution in [2.45, 2.75) is 25.9 Å². The molecule has 7 nitrogen and oxygen atoms in total. The van der Waals surface area contributed by atoms with E-state index < -0.39 is 11.5 Å². The molecule has 0 fully saturated rings. The number of aliphatic carboxylic acids is 1. The van der Waals surface area contributed by atoms with Crippen LogP contribution in [-0.2, 0) is 11.3 Å². The van der Waals surface area contributed by atoms with E-state index in [0.29, 0.717) is 12.4 Å². The van der Waals surface area contributed by atoms with Crippen LogP contribution in [0.15, 0.2) is 30.3 Å². The molecule has 0 aliphatic heterocycles. The summed E-state index contributed by atoms with van der Waals surface area (Å²) in [5.41, 5.74) is -0.151. The third-order valence-corrected chi connectivity index (χ3v) is 3.39. The van der Waals surface area contributed by atoms with Crippen molar-refractivity contribution < 1.29 is 9.90 Å². The van der Waals surface area contributed by atoms with Gasteiger partial charge in [-0.1, -0.05) is 18.2 Å². The number of likely N-dealkylation sites (N-methyl/N-ethyl adjacent to an activating group) is 1. The van der Waals surface area contributed by atoms with Crippen LogP contribution >= 0.6 is 0 Å². The van der Waals surface area contributed by atoms with E-state index in [4.69, 9.17) is 0 Å². The maximum absolute atomic E-state index is 11.2. The molecule has 1 aromatic heterocycles. The van der Waals surface area contributed by atoms with Crippen LogP contribution in [0.4, 0.5) is 0 Å². The second kappa shape index (κ2) is 5.38. The van der Waals surface area contributed by atoms with Gasteiger partial charge in [0.2, 0.25) is 0 Å². The summed E-state index contributed by atoms with van der Waals surface area (Å²) in [6, 6.07) is 9.48. The Morgan fingerprint density at radius 3 is 2.60 bits per heavy atom. The minimum atomic E-state index is -0.993. The summed E-state index contributed by atoms with van der Waals surface area (Å²) in [5.74, 6) is -0.299. The minimum absolute atomic E-state index is 0.335. The Balaban J connectivity index is 2.24. The zero-order valence-electron chi connectivity index (χ0n) is 11.7. The lowest BCUT2D eigenvalue weighted by molar-refractivity contribution is -0.148. The van der Waals surface area contributed by atoms with Gasteiger partial charge in [0, 0.05) is 0 Å². The number of hydrogen-bond donors (Lipinski definition) is 1. The van der Waals surface area contributed by atoms with Gasteiger partial charge in [0.1, 0.15) is 5.54 Å². The molecule has 0 unspecified atom stereocenters. The summed E-state index contributed by atoms with van der Waals surface area (Å²) in [6.07, 6.45) is 0. The predicted octanol–water partition coefficient (Wildman–Crippen LogP) is 0.957. The van der Waals surface area contributed by atoms with Gasteiger partial charge in [-0.05, 0) is 43.5 Å². The Hall–Kier alpha value is -2.28. The van der Waals surface area contributed by atoms with Gasteiger partial charge in [0.25, 0.3) is 0 Å². The first-order valence-corrected chi connectivity index (χ1v) is 6.20. The molecule has 2 rings (SSSR count). The summed E-state index contributed by atoms with van der Waals surface area (Å²) >= 11 is 0. The van der Waals surface area contributed by atoms with E-state index in [0.717, 1.165) is 5.69 Å². The van der Waals surface area contributed by atoms with Crippen LogP contribution in [0.5, 0.6) is 0 Å². The number of carboxylic acids is 1. The van der Waals surface area contributed by atoms with Crippen molar-refractivity contribution in [1.29, 1.82) is 0 Å². The van der Waals surface area contributed by atoms with Gasteiger partial charge in [-0.3, -0.25) is 9.69 Å². The lowest BCUT2D eigenvalue weighted by Gasteiger charge is -2.30. The highest BCUT2D eigenvalue weighted by Gasteiger charge is 2.32. The molecule has 0 bridgehead atoms. The summed E-state index contributed by atoms with van der Waals surface area (Å²) in [5, 5.41) is 20.8. The molecule has 106 valence electrons. The molecular weight excluding hydrogens is 258 g/mol. The van der Waals surface area contributed by atoms with E-state index in [-0.39, 0.29) is 0 Å². The lowest BCUT2D eigenvalue weighted by atomic mass is 10.0. The van der Waals surface area contributed by atoms with Crippen LogP contribution in [0.3, 0.4) is 0 Å². The highest BCUT2D eigenvalue weighted by Crippen LogP contribution is 2.16. The third kappa shape index (κ3) is 2.67. The Morgan fingerprint density at radius 2 is 2.00 bits per heavy atom. The lowest BCUT2D eigenvalue weighted by Crippen LogP contribution is -2.47. The average Bonchev–Trinajstić information content (AvgIpc) is 2.87. The molecular formula is C13H17N5O2. The Kier molecular flexibility index (Phi) is 3.80. The van der Waals surface area contributed by atoms with Gasteiger partial charge < -0.3 is 5.11 Å². The number of benzene rings is 1. The highest BCUT2D eigenvalue weighted by molar-refractivity contribution is 5.77. The Morgan fingerprint density at radius 1 is 1.35 bits per heavy atom. The SMILES string of the molecule is CN(Cc1nnnn1-c1ccccc1)C(C)(C)C(=O)O. The zero-order chi connectivity index (χ0) is 14.8. The second-order valence-electron chi connectivity index (χ2n) is 5.06. The first-order chi connectivity index (χ1) is 9.43. The molecule has 2 aromatic rings. The number of tetrazole rings is 1. The number of para-hydroxylation sites is 1. The fraction of sp³-hybridized carbons (Fsp3) is 0.385. The quantitative estimate of drug-likeness (QED) is 0.875. The highest BCUT2D eigenvalue weighted by atomic mass is 16.4. The molecule has 0 aliphatic carbocycles. The maximum atomic E-state index is 11.2. The average molecular weight is 275 g/mol. The standard InChI is InChI=1S/C13H17N5O2/c1-13(2,12(19)20)17(3)9-11-14-15-16-18(11)10-7-5-4-6-8-10/h4-8H,9H2,1-3H3,(H,19,20). The Labute approximate surface area is 116 Å². The van der Waals surface area contributed by atoms with Gasteiger partial charge in [-0.15, -0.1) is 5.10 Å². The number of aromatic nitrogens is 4. The van der Waals surface area contributed by atoms with Crippen LogP contribution in [0, 0.1) is 0 Å². The maximum Gasteiger partial charge on any atom is 0.323 e. The van der Waals surface area contributed by atoms with E-state index in [1.54, 1.807) is 30.5 Å². The fourth-order valence-electron chi connectivity index (χ4n) is 1.65. The number of hydrogen-bond acceptors (Lipinski definition) is 5. The molecule has 7 heteroatoms. The molecule has 1 N–H and O–H groups in total. The molecule has 0 amide bonds. The minimum Gasteiger partial charge on any atom is -0.480 e. The van der Waals surface area contributed by atoms with Crippen molar-refractivity contribution >= 4 is 5.97 Å². The van der Waals surface area contributed by atoms with Crippen molar-refractivity contribution in [2.24, 2.45) is 0 Å². The van der Waals surface area contributed by atoms with Crippen LogP contribution in [-0.4, -0.2) is 48.8 Å². The van der Waals surface area contributed by atoms with Crippen LogP contribution in [0.25, 0.3) is 5.69 Å². The molecule has 1 aromatic carbocycles. The van der Waals surface area contributed by atoms with E-state index in [1.165, 1.54) is 0 Å². The van der Waals surface area contributed by atoms with Gasteiger partial charge in [-0.2, -0.15) is 4.68 Å². The molecule has 0 radical (unpaired) electrons. The van der Waals surface area contributed by atoms with Gasteiger partial charge in [0.05, 0.1) is 12.2 Å². The summed E-state index contributed by atoms with van der Waals surface area (Å²) < 4.78 is 1.61. The fourth-order valence-corrected chi connectivity index (χ4v) is 1.65. The molecule has 0 aliphatic rings. The normalized spacial score (nSPS) is 11.8. The molecule has 20 heavy (non-hydrogen) atoms. The molecule has 1 heterocycles. The second-order valence-corrected chi connectivity index (χ2v) is 5.06. The van der Waals surface area contributed by atoms with Gasteiger partial charge in [-0.25, -0.2) is 0 Å². The molecule has 0 saturated heterocycles. The van der Waals surface area contributed by atoms with E-state index in [1.807, 2.05) is 30.3 Å². The van der Waals surface area contributed by atoms with Crippen LogP contribution < -0.4 is 0 Å². The molecule has 0 spiro atoms. The van der Waals surface area contributed by atoms with Crippen molar-refractivity contribution in [3.05, 3.63) is 36.2 Å². The number of rotatable bonds is 5. The van der Waals surface area contributed by atoms with Crippen molar-refractivity contribution in [3.63, 3.8) is 0 Å². The van der Waals surface area contributed by atoms with Crippen molar-refractivity contribution in [3.8, 4) is 5.69 Å². The molecule has 0 atom stereocenters. The zero-order valence-corrected chi connectivity index (χ0v) is 11.7. The van der Waals surface area contributed by atoms with E-state index in [2.05, 4.69) is 15.5 Å². The number of carboxylic acid groups (broad SMARTS) is 1. The van der Waals surface area contributed by atoms with Crippen molar-refractivity contribution in [1.82, 2.24) is 25.1 Å². The summed E-state index contributed by atoms with van der Waals surface area (Å²) in [6.45, 7) is 3.62. The molecule has 0 saturated carbocycles. The van der Waals surface area contributed by atoms with E-state index >= 15 is 0 Å². The van der Waals surface area contributed by atoms with Crippen LogP contribution in [0.2, 0.25) is 0 Å². The summed E-state index contributed by atoms with van der Waals surface area (Å²) in [7, 11) is 1.73. The first-order valence-electron chi connectivity index (χ1n) is 6.20. The topological polar surface area (TPSA) is 84.1 Å². The van der Waals surface area contributed by atoms with Gasteiger partial charge >= 0.3 is 5.97 Å². The third-order valence-electron chi connectivity index (χ3n) is 3.39. The first kappa shape index (κ1) is 14.1. The van der Waals surface area contributed by atoms with Crippen LogP contribution in [0.1, 0.15) is 19.7 Å². The van der Waals surface area contributed by atoms with Crippen molar-refractivity contribution in [2.75, 3.05) is 7.05 Å². The summed E-state index contributed by atoms with van der Waals surface area (Å²) in [4.78, 5) is 12.9. The smallest absolute Gasteiger partial charge is 0.323 e.